The van der Waals surface area contributed by atoms with E-state index in [-0.39, 0.29) is 12.5 Å². The second kappa shape index (κ2) is 4.65. The molecule has 5 nitrogen and oxygen atoms in total. The molecule has 2 N–H and O–H groups in total. The van der Waals surface area contributed by atoms with E-state index in [1.807, 2.05) is 4.90 Å². The third kappa shape index (κ3) is 2.41. The number of carboxylic acids is 1. The molecule has 1 rings (SSSR count). The average molecular weight is 226 g/mol. The Kier molecular flexibility index (Phi) is 3.70. The molecule has 0 spiro atoms. The SMILES string of the molecule is C=CCN1CC(C(=O)O)CNC(=O)C1(C)C. The molecule has 0 aromatic carbocycles. The summed E-state index contributed by atoms with van der Waals surface area (Å²) in [5, 5.41) is 11.7. The second-order valence-corrected chi connectivity index (χ2v) is 4.50. The van der Waals surface area contributed by atoms with E-state index in [1.165, 1.54) is 0 Å². The second-order valence-electron chi connectivity index (χ2n) is 4.50. The predicted octanol–water partition coefficient (Wildman–Crippen LogP) is 0.0836. The largest absolute Gasteiger partial charge is 0.481 e. The number of rotatable bonds is 3. The lowest BCUT2D eigenvalue weighted by Crippen LogP contribution is -2.52. The minimum atomic E-state index is -0.882. The van der Waals surface area contributed by atoms with E-state index < -0.39 is 17.4 Å². The summed E-state index contributed by atoms with van der Waals surface area (Å²) < 4.78 is 0. The van der Waals surface area contributed by atoms with Gasteiger partial charge in [-0.3, -0.25) is 14.5 Å². The molecule has 5 heteroatoms. The fourth-order valence-corrected chi connectivity index (χ4v) is 1.76. The van der Waals surface area contributed by atoms with Gasteiger partial charge < -0.3 is 10.4 Å². The van der Waals surface area contributed by atoms with Gasteiger partial charge in [0.15, 0.2) is 0 Å². The fraction of sp³-hybridized carbons (Fsp3) is 0.636. The molecule has 1 atom stereocenters. The fourth-order valence-electron chi connectivity index (χ4n) is 1.76. The molecule has 1 fully saturated rings. The topological polar surface area (TPSA) is 69.6 Å². The molecule has 1 aliphatic rings. The van der Waals surface area contributed by atoms with Crippen LogP contribution in [0.1, 0.15) is 13.8 Å². The lowest BCUT2D eigenvalue weighted by Gasteiger charge is -2.34. The molecule has 0 aromatic heterocycles. The zero-order valence-corrected chi connectivity index (χ0v) is 9.69. The lowest BCUT2D eigenvalue weighted by molar-refractivity contribution is -0.142. The van der Waals surface area contributed by atoms with Gasteiger partial charge in [-0.2, -0.15) is 0 Å². The molecule has 0 bridgehead atoms. The summed E-state index contributed by atoms with van der Waals surface area (Å²) >= 11 is 0. The van der Waals surface area contributed by atoms with Crippen molar-refractivity contribution in [3.8, 4) is 0 Å². The Labute approximate surface area is 95.1 Å². The van der Waals surface area contributed by atoms with Gasteiger partial charge in [-0.1, -0.05) is 6.08 Å². The zero-order valence-electron chi connectivity index (χ0n) is 9.69. The van der Waals surface area contributed by atoms with Crippen molar-refractivity contribution >= 4 is 11.9 Å². The molecule has 0 radical (unpaired) electrons. The first kappa shape index (κ1) is 12.7. The normalized spacial score (nSPS) is 25.6. The number of carbonyl (C=O) groups excluding carboxylic acids is 1. The van der Waals surface area contributed by atoms with Crippen LogP contribution in [0.4, 0.5) is 0 Å². The average Bonchev–Trinajstić information content (AvgIpc) is 2.30. The highest BCUT2D eigenvalue weighted by Crippen LogP contribution is 2.19. The van der Waals surface area contributed by atoms with Crippen LogP contribution in [0.15, 0.2) is 12.7 Å². The van der Waals surface area contributed by atoms with Crippen molar-refractivity contribution < 1.29 is 14.7 Å². The Hall–Kier alpha value is -1.36. The molecule has 1 saturated heterocycles. The van der Waals surface area contributed by atoms with Crippen molar-refractivity contribution in [3.05, 3.63) is 12.7 Å². The number of nitrogens with zero attached hydrogens (tertiary/aromatic N) is 1. The molecule has 1 unspecified atom stereocenters. The number of nitrogens with one attached hydrogen (secondary N) is 1. The maximum Gasteiger partial charge on any atom is 0.309 e. The van der Waals surface area contributed by atoms with Gasteiger partial charge in [0.1, 0.15) is 0 Å². The van der Waals surface area contributed by atoms with Crippen molar-refractivity contribution in [2.45, 2.75) is 19.4 Å². The minimum absolute atomic E-state index is 0.141. The third-order valence-electron chi connectivity index (χ3n) is 2.99. The molecule has 1 heterocycles. The van der Waals surface area contributed by atoms with Crippen molar-refractivity contribution in [2.75, 3.05) is 19.6 Å². The summed E-state index contributed by atoms with van der Waals surface area (Å²) in [6.07, 6.45) is 1.68. The van der Waals surface area contributed by atoms with Gasteiger partial charge in [-0.25, -0.2) is 0 Å². The van der Waals surface area contributed by atoms with Crippen LogP contribution in [-0.2, 0) is 9.59 Å². The summed E-state index contributed by atoms with van der Waals surface area (Å²) in [6, 6.07) is 0. The van der Waals surface area contributed by atoms with Gasteiger partial charge in [0.2, 0.25) is 5.91 Å². The van der Waals surface area contributed by atoms with Crippen LogP contribution in [0.5, 0.6) is 0 Å². The Morgan fingerprint density at radius 3 is 2.88 bits per heavy atom. The van der Waals surface area contributed by atoms with Crippen LogP contribution in [0.2, 0.25) is 0 Å². The molecule has 16 heavy (non-hydrogen) atoms. The molecule has 0 aliphatic carbocycles. The smallest absolute Gasteiger partial charge is 0.309 e. The van der Waals surface area contributed by atoms with Gasteiger partial charge in [0.25, 0.3) is 0 Å². The van der Waals surface area contributed by atoms with Crippen LogP contribution in [0.3, 0.4) is 0 Å². The predicted molar refractivity (Wildman–Crippen MR) is 60.0 cm³/mol. The van der Waals surface area contributed by atoms with E-state index in [1.54, 1.807) is 19.9 Å². The van der Waals surface area contributed by atoms with Crippen LogP contribution in [-0.4, -0.2) is 47.1 Å². The van der Waals surface area contributed by atoms with Gasteiger partial charge in [-0.15, -0.1) is 6.58 Å². The molecular formula is C11H18N2O3. The maximum atomic E-state index is 11.8. The first-order valence-electron chi connectivity index (χ1n) is 5.26. The summed E-state index contributed by atoms with van der Waals surface area (Å²) in [7, 11) is 0. The Morgan fingerprint density at radius 2 is 2.38 bits per heavy atom. The number of hydrogen-bond acceptors (Lipinski definition) is 3. The number of carbonyl (C=O) groups is 2. The van der Waals surface area contributed by atoms with Gasteiger partial charge in [0.05, 0.1) is 11.5 Å². The van der Waals surface area contributed by atoms with E-state index in [2.05, 4.69) is 11.9 Å². The van der Waals surface area contributed by atoms with Crippen molar-refractivity contribution in [1.29, 1.82) is 0 Å². The number of amides is 1. The Bertz CT molecular complexity index is 312. The Balaban J connectivity index is 2.93. The summed E-state index contributed by atoms with van der Waals surface area (Å²) in [5.74, 6) is -1.59. The van der Waals surface area contributed by atoms with E-state index in [9.17, 15) is 9.59 Å². The van der Waals surface area contributed by atoms with Crippen LogP contribution >= 0.6 is 0 Å². The van der Waals surface area contributed by atoms with E-state index >= 15 is 0 Å². The molecule has 0 aromatic rings. The summed E-state index contributed by atoms with van der Waals surface area (Å²) in [5.41, 5.74) is -0.696. The highest BCUT2D eigenvalue weighted by molar-refractivity contribution is 5.86. The lowest BCUT2D eigenvalue weighted by atomic mass is 10.0. The highest BCUT2D eigenvalue weighted by atomic mass is 16.4. The molecular weight excluding hydrogens is 208 g/mol. The number of hydrogen-bond donors (Lipinski definition) is 2. The van der Waals surface area contributed by atoms with Crippen LogP contribution in [0, 0.1) is 5.92 Å². The van der Waals surface area contributed by atoms with Gasteiger partial charge >= 0.3 is 5.97 Å². The van der Waals surface area contributed by atoms with Crippen LogP contribution < -0.4 is 5.32 Å². The van der Waals surface area contributed by atoms with Crippen molar-refractivity contribution in [1.82, 2.24) is 10.2 Å². The van der Waals surface area contributed by atoms with Crippen molar-refractivity contribution in [3.63, 3.8) is 0 Å². The van der Waals surface area contributed by atoms with E-state index in [4.69, 9.17) is 5.11 Å². The van der Waals surface area contributed by atoms with Gasteiger partial charge in [-0.05, 0) is 13.8 Å². The first-order valence-corrected chi connectivity index (χ1v) is 5.26. The summed E-state index contributed by atoms with van der Waals surface area (Å²) in [4.78, 5) is 24.6. The third-order valence-corrected chi connectivity index (χ3v) is 2.99. The molecule has 1 aliphatic heterocycles. The van der Waals surface area contributed by atoms with Crippen LogP contribution in [0.25, 0.3) is 0 Å². The molecule has 0 saturated carbocycles. The van der Waals surface area contributed by atoms with Gasteiger partial charge in [0, 0.05) is 19.6 Å². The Morgan fingerprint density at radius 1 is 1.75 bits per heavy atom. The molecule has 1 amide bonds. The minimum Gasteiger partial charge on any atom is -0.481 e. The maximum absolute atomic E-state index is 11.8. The summed E-state index contributed by atoms with van der Waals surface area (Å²) in [6.45, 7) is 8.24. The van der Waals surface area contributed by atoms with E-state index in [0.29, 0.717) is 13.1 Å². The standard InChI is InChI=1S/C11H18N2O3/c1-4-5-13-7-8(9(14)15)6-12-10(16)11(13,2)3/h4,8H,1,5-7H2,2-3H3,(H,12,16)(H,14,15). The quantitative estimate of drug-likeness (QED) is 0.669. The monoisotopic (exact) mass is 226 g/mol. The number of carboxylic acid groups (broad SMARTS) is 1. The van der Waals surface area contributed by atoms with Crippen molar-refractivity contribution in [2.24, 2.45) is 5.92 Å². The first-order chi connectivity index (χ1) is 7.39. The highest BCUT2D eigenvalue weighted by Gasteiger charge is 2.39. The molecule has 90 valence electrons. The zero-order chi connectivity index (χ0) is 12.3. The van der Waals surface area contributed by atoms with E-state index in [0.717, 1.165) is 0 Å². The number of aliphatic carboxylic acids is 1.